The molecule has 0 saturated carbocycles. The number of carbonyl (C=O) groups is 3. The van der Waals surface area contributed by atoms with E-state index in [1.807, 2.05) is 6.08 Å². The van der Waals surface area contributed by atoms with Gasteiger partial charge in [0.15, 0.2) is 0 Å². The highest BCUT2D eigenvalue weighted by Gasteiger charge is 2.19. The van der Waals surface area contributed by atoms with E-state index in [0.717, 1.165) is 11.1 Å². The van der Waals surface area contributed by atoms with Crippen molar-refractivity contribution in [3.63, 3.8) is 0 Å². The van der Waals surface area contributed by atoms with Crippen LogP contribution in [-0.4, -0.2) is 24.1 Å². The molecule has 1 atom stereocenters. The summed E-state index contributed by atoms with van der Waals surface area (Å²) in [7, 11) is 0. The van der Waals surface area contributed by atoms with Gasteiger partial charge in [0, 0.05) is 18.4 Å². The van der Waals surface area contributed by atoms with Crippen molar-refractivity contribution in [2.45, 2.75) is 32.2 Å². The second-order valence-corrected chi connectivity index (χ2v) is 4.56. The van der Waals surface area contributed by atoms with E-state index in [4.69, 9.17) is 5.73 Å². The second-order valence-electron chi connectivity index (χ2n) is 4.56. The van der Waals surface area contributed by atoms with Crippen molar-refractivity contribution in [3.8, 4) is 0 Å². The fourth-order valence-corrected chi connectivity index (χ4v) is 1.86. The maximum atomic E-state index is 11.3. The Hall–Kier alpha value is -2.17. The third kappa shape index (κ3) is 4.54. The molecule has 0 radical (unpaired) electrons. The number of hydrogen-bond acceptors (Lipinski definition) is 3. The van der Waals surface area contributed by atoms with E-state index in [1.165, 1.54) is 6.92 Å². The van der Waals surface area contributed by atoms with Gasteiger partial charge in [-0.05, 0) is 30.6 Å². The van der Waals surface area contributed by atoms with Gasteiger partial charge in [-0.2, -0.15) is 0 Å². The van der Waals surface area contributed by atoms with Crippen LogP contribution in [0.1, 0.15) is 26.2 Å². The van der Waals surface area contributed by atoms with E-state index in [1.54, 1.807) is 6.08 Å². The molecule has 19 heavy (non-hydrogen) atoms. The van der Waals surface area contributed by atoms with Crippen LogP contribution in [0.2, 0.25) is 0 Å². The van der Waals surface area contributed by atoms with Crippen molar-refractivity contribution < 1.29 is 14.4 Å². The molecule has 1 aliphatic carbocycles. The van der Waals surface area contributed by atoms with Gasteiger partial charge in [0.1, 0.15) is 5.78 Å². The molecular weight excluding hydrogens is 244 g/mol. The van der Waals surface area contributed by atoms with Crippen LogP contribution in [0.4, 0.5) is 0 Å². The van der Waals surface area contributed by atoms with E-state index < -0.39 is 5.91 Å². The van der Waals surface area contributed by atoms with Crippen molar-refractivity contribution in [1.82, 2.24) is 5.32 Å². The third-order valence-corrected chi connectivity index (χ3v) is 2.94. The molecule has 0 heterocycles. The van der Waals surface area contributed by atoms with Crippen molar-refractivity contribution in [3.05, 3.63) is 35.5 Å². The lowest BCUT2D eigenvalue weighted by atomic mass is 9.90. The lowest BCUT2D eigenvalue weighted by Gasteiger charge is -2.20. The zero-order valence-electron chi connectivity index (χ0n) is 10.9. The largest absolute Gasteiger partial charge is 0.366 e. The molecule has 102 valence electrons. The standard InChI is InChI=1S/C14H18N2O3/c1-9(3-4-10(2)18)11-5-12(14(15)19)7-13(6-11)16-8-17/h5-6,8,13H,1,3-4,7H2,2H3,(H2,15,19)(H,16,17). The molecule has 0 aromatic carbocycles. The number of hydrogen-bond donors (Lipinski definition) is 2. The average Bonchev–Trinajstić information content (AvgIpc) is 2.35. The van der Waals surface area contributed by atoms with Crippen LogP contribution >= 0.6 is 0 Å². The molecule has 0 spiro atoms. The van der Waals surface area contributed by atoms with E-state index in [9.17, 15) is 14.4 Å². The number of rotatable bonds is 7. The van der Waals surface area contributed by atoms with Crippen LogP contribution in [0.5, 0.6) is 0 Å². The number of carbonyl (C=O) groups excluding carboxylic acids is 3. The van der Waals surface area contributed by atoms with Crippen molar-refractivity contribution >= 4 is 18.1 Å². The van der Waals surface area contributed by atoms with Crippen LogP contribution in [0.25, 0.3) is 0 Å². The topological polar surface area (TPSA) is 89.3 Å². The monoisotopic (exact) mass is 262 g/mol. The van der Waals surface area contributed by atoms with Gasteiger partial charge in [-0.1, -0.05) is 12.7 Å². The number of allylic oxidation sites excluding steroid dienone is 3. The Morgan fingerprint density at radius 1 is 1.53 bits per heavy atom. The van der Waals surface area contributed by atoms with Gasteiger partial charge in [0.2, 0.25) is 12.3 Å². The molecule has 1 rings (SSSR count). The van der Waals surface area contributed by atoms with Gasteiger partial charge >= 0.3 is 0 Å². The minimum atomic E-state index is -0.511. The Morgan fingerprint density at radius 2 is 2.21 bits per heavy atom. The summed E-state index contributed by atoms with van der Waals surface area (Å²) in [6.07, 6.45) is 5.38. The van der Waals surface area contributed by atoms with E-state index in [-0.39, 0.29) is 11.8 Å². The number of amides is 2. The van der Waals surface area contributed by atoms with Crippen LogP contribution in [0.15, 0.2) is 35.5 Å². The highest BCUT2D eigenvalue weighted by Crippen LogP contribution is 2.24. The second kappa shape index (κ2) is 6.68. The third-order valence-electron chi connectivity index (χ3n) is 2.94. The quantitative estimate of drug-likeness (QED) is 0.664. The van der Waals surface area contributed by atoms with Crippen molar-refractivity contribution in [1.29, 1.82) is 0 Å². The minimum Gasteiger partial charge on any atom is -0.366 e. The first-order chi connectivity index (χ1) is 8.93. The first-order valence-corrected chi connectivity index (χ1v) is 6.03. The lowest BCUT2D eigenvalue weighted by molar-refractivity contribution is -0.117. The van der Waals surface area contributed by atoms with Gasteiger partial charge in [-0.3, -0.25) is 9.59 Å². The predicted octanol–water partition coefficient (Wildman–Crippen LogP) is 0.768. The molecule has 5 nitrogen and oxygen atoms in total. The van der Waals surface area contributed by atoms with Gasteiger partial charge in [0.05, 0.1) is 6.04 Å². The molecule has 0 aromatic rings. The number of Topliss-reactive ketones (excluding diaryl/α,β-unsaturated/α-hetero) is 1. The van der Waals surface area contributed by atoms with Crippen LogP contribution in [-0.2, 0) is 14.4 Å². The number of nitrogens with one attached hydrogen (secondary N) is 1. The SMILES string of the molecule is C=C(CCC(C)=O)C1=CC(NC=O)CC(C(N)=O)=C1. The summed E-state index contributed by atoms with van der Waals surface area (Å²) in [6, 6.07) is -0.269. The fraction of sp³-hybridized carbons (Fsp3) is 0.357. The Labute approximate surface area is 112 Å². The molecule has 0 aromatic heterocycles. The molecule has 5 heteroatoms. The maximum Gasteiger partial charge on any atom is 0.244 e. The molecule has 0 aliphatic heterocycles. The summed E-state index contributed by atoms with van der Waals surface area (Å²) >= 11 is 0. The smallest absolute Gasteiger partial charge is 0.244 e. The molecule has 0 fully saturated rings. The van der Waals surface area contributed by atoms with Crippen LogP contribution < -0.4 is 11.1 Å². The molecule has 1 aliphatic rings. The summed E-state index contributed by atoms with van der Waals surface area (Å²) < 4.78 is 0. The molecule has 0 saturated heterocycles. The minimum absolute atomic E-state index is 0.0826. The van der Waals surface area contributed by atoms with Gasteiger partial charge < -0.3 is 15.8 Å². The maximum absolute atomic E-state index is 11.3. The lowest BCUT2D eigenvalue weighted by Crippen LogP contribution is -2.31. The Balaban J connectivity index is 2.87. The fourth-order valence-electron chi connectivity index (χ4n) is 1.86. The first-order valence-electron chi connectivity index (χ1n) is 6.03. The van der Waals surface area contributed by atoms with E-state index in [2.05, 4.69) is 11.9 Å². The highest BCUT2D eigenvalue weighted by atomic mass is 16.1. The van der Waals surface area contributed by atoms with Crippen molar-refractivity contribution in [2.75, 3.05) is 0 Å². The Morgan fingerprint density at radius 3 is 2.74 bits per heavy atom. The first kappa shape index (κ1) is 14.9. The summed E-state index contributed by atoms with van der Waals surface area (Å²) in [5.41, 5.74) is 7.23. The van der Waals surface area contributed by atoms with Gasteiger partial charge in [0.25, 0.3) is 0 Å². The predicted molar refractivity (Wildman–Crippen MR) is 72.0 cm³/mol. The van der Waals surface area contributed by atoms with Gasteiger partial charge in [-0.15, -0.1) is 0 Å². The molecule has 0 bridgehead atoms. The average molecular weight is 262 g/mol. The zero-order chi connectivity index (χ0) is 14.4. The number of nitrogens with two attached hydrogens (primary N) is 1. The van der Waals surface area contributed by atoms with Crippen molar-refractivity contribution in [2.24, 2.45) is 5.73 Å². The van der Waals surface area contributed by atoms with E-state index >= 15 is 0 Å². The highest BCUT2D eigenvalue weighted by molar-refractivity contribution is 5.93. The van der Waals surface area contributed by atoms with Crippen LogP contribution in [0.3, 0.4) is 0 Å². The number of ketones is 1. The molecule has 3 N–H and O–H groups in total. The zero-order valence-corrected chi connectivity index (χ0v) is 10.9. The molecular formula is C14H18N2O3. The Bertz CT molecular complexity index is 475. The summed E-state index contributed by atoms with van der Waals surface area (Å²) in [6.45, 7) is 5.42. The normalized spacial score (nSPS) is 18.1. The Kier molecular flexibility index (Phi) is 5.23. The van der Waals surface area contributed by atoms with Crippen LogP contribution in [0, 0.1) is 0 Å². The summed E-state index contributed by atoms with van der Waals surface area (Å²) in [4.78, 5) is 32.7. The van der Waals surface area contributed by atoms with Gasteiger partial charge in [-0.25, -0.2) is 0 Å². The summed E-state index contributed by atoms with van der Waals surface area (Å²) in [5.74, 6) is -0.429. The number of primary amides is 1. The molecule has 1 unspecified atom stereocenters. The summed E-state index contributed by atoms with van der Waals surface area (Å²) in [5, 5.41) is 2.61. The molecule has 2 amide bonds. The van der Waals surface area contributed by atoms with E-state index in [0.29, 0.717) is 31.2 Å².